The fraction of sp³-hybridized carbons (Fsp3) is 0.636. The first-order valence-corrected chi connectivity index (χ1v) is 9.50. The molecule has 0 amide bonds. The second kappa shape index (κ2) is 5.65. The zero-order valence-electron chi connectivity index (χ0n) is 11.1. The quantitative estimate of drug-likeness (QED) is 0.609. The Morgan fingerprint density at radius 2 is 2.00 bits per heavy atom. The van der Waals surface area contributed by atoms with Gasteiger partial charge in [0.15, 0.2) is 0 Å². The van der Waals surface area contributed by atoms with Gasteiger partial charge in [0.05, 0.1) is 10.9 Å². The Hall–Kier alpha value is -0.168. The average molecular weight is 272 g/mol. The molecule has 1 aliphatic heterocycles. The Balaban J connectivity index is 2.95. The minimum atomic E-state index is -1.31. The van der Waals surface area contributed by atoms with Crippen LogP contribution in [0.5, 0.6) is 0 Å². The SMILES string of the molecule is C[SiH](C)OC(=C1C=CC(B(O)O)S1)C(C)(C)C. The lowest BCUT2D eigenvalue weighted by atomic mass is 9.85. The van der Waals surface area contributed by atoms with Crippen LogP contribution in [0.2, 0.25) is 13.1 Å². The van der Waals surface area contributed by atoms with Gasteiger partial charge in [-0.05, 0) is 19.2 Å². The highest BCUT2D eigenvalue weighted by Crippen LogP contribution is 2.40. The smallest absolute Gasteiger partial charge is 0.469 e. The fourth-order valence-electron chi connectivity index (χ4n) is 1.54. The molecule has 1 atom stereocenters. The van der Waals surface area contributed by atoms with Crippen molar-refractivity contribution in [1.82, 2.24) is 0 Å². The lowest BCUT2D eigenvalue weighted by Gasteiger charge is -2.27. The molecule has 0 aromatic rings. The van der Waals surface area contributed by atoms with Crippen LogP contribution in [0.4, 0.5) is 0 Å². The Morgan fingerprint density at radius 1 is 1.41 bits per heavy atom. The fourth-order valence-corrected chi connectivity index (χ4v) is 3.76. The highest BCUT2D eigenvalue weighted by molar-refractivity contribution is 8.05. The summed E-state index contributed by atoms with van der Waals surface area (Å²) in [7, 11) is -2.47. The summed E-state index contributed by atoms with van der Waals surface area (Å²) in [5, 5.41) is 18.1. The van der Waals surface area contributed by atoms with Gasteiger partial charge >= 0.3 is 7.12 Å². The van der Waals surface area contributed by atoms with Crippen LogP contribution >= 0.6 is 11.8 Å². The van der Waals surface area contributed by atoms with Crippen LogP contribution in [0.15, 0.2) is 22.8 Å². The van der Waals surface area contributed by atoms with Gasteiger partial charge in [-0.25, -0.2) is 0 Å². The van der Waals surface area contributed by atoms with Crippen molar-refractivity contribution in [2.45, 2.75) is 39.0 Å². The molecular formula is C11H21BO3SSi. The lowest BCUT2D eigenvalue weighted by Crippen LogP contribution is -2.25. The number of thioether (sulfide) groups is 1. The number of hydrogen-bond acceptors (Lipinski definition) is 4. The maximum atomic E-state index is 9.17. The summed E-state index contributed by atoms with van der Waals surface area (Å²) in [5.41, 5.74) is -0.0563. The van der Waals surface area contributed by atoms with Gasteiger partial charge in [0.2, 0.25) is 9.04 Å². The molecule has 0 fully saturated rings. The molecule has 17 heavy (non-hydrogen) atoms. The molecule has 6 heteroatoms. The van der Waals surface area contributed by atoms with Crippen molar-refractivity contribution in [2.75, 3.05) is 0 Å². The summed E-state index contributed by atoms with van der Waals surface area (Å²) < 4.78 is 6.01. The molecular weight excluding hydrogens is 251 g/mol. The maximum absolute atomic E-state index is 9.17. The van der Waals surface area contributed by atoms with Gasteiger partial charge in [-0.1, -0.05) is 26.8 Å². The minimum absolute atomic E-state index is 0.0563. The summed E-state index contributed by atoms with van der Waals surface area (Å²) in [6.45, 7) is 10.6. The number of hydrogen-bond donors (Lipinski definition) is 2. The van der Waals surface area contributed by atoms with Crippen LogP contribution in [-0.2, 0) is 4.43 Å². The van der Waals surface area contributed by atoms with E-state index in [1.165, 1.54) is 11.8 Å². The predicted octanol–water partition coefficient (Wildman–Crippen LogP) is 1.93. The van der Waals surface area contributed by atoms with Crippen molar-refractivity contribution < 1.29 is 14.5 Å². The van der Waals surface area contributed by atoms with E-state index < -0.39 is 16.2 Å². The minimum Gasteiger partial charge on any atom is -0.549 e. The molecule has 0 bridgehead atoms. The monoisotopic (exact) mass is 272 g/mol. The van der Waals surface area contributed by atoms with Crippen molar-refractivity contribution in [3.05, 3.63) is 22.8 Å². The molecule has 96 valence electrons. The van der Waals surface area contributed by atoms with Crippen LogP contribution < -0.4 is 0 Å². The summed E-state index contributed by atoms with van der Waals surface area (Å²) in [5.74, 6) is 0.976. The van der Waals surface area contributed by atoms with Gasteiger partial charge in [0.25, 0.3) is 0 Å². The number of allylic oxidation sites excluding steroid dienone is 2. The Morgan fingerprint density at radius 3 is 2.35 bits per heavy atom. The Kier molecular flexibility index (Phi) is 4.95. The highest BCUT2D eigenvalue weighted by atomic mass is 32.2. The largest absolute Gasteiger partial charge is 0.549 e. The number of rotatable bonds is 3. The molecule has 0 radical (unpaired) electrons. The second-order valence-corrected chi connectivity index (χ2v) is 9.02. The van der Waals surface area contributed by atoms with Crippen LogP contribution in [0.3, 0.4) is 0 Å². The lowest BCUT2D eigenvalue weighted by molar-refractivity contribution is 0.297. The van der Waals surface area contributed by atoms with Crippen molar-refractivity contribution in [2.24, 2.45) is 5.41 Å². The van der Waals surface area contributed by atoms with Crippen LogP contribution in [0.1, 0.15) is 20.8 Å². The second-order valence-electron chi connectivity index (χ2n) is 5.47. The first kappa shape index (κ1) is 14.9. The molecule has 2 N–H and O–H groups in total. The normalized spacial score (nSPS) is 23.2. The summed E-state index contributed by atoms with van der Waals surface area (Å²) >= 11 is 1.46. The topological polar surface area (TPSA) is 49.7 Å². The van der Waals surface area contributed by atoms with Crippen molar-refractivity contribution in [3.8, 4) is 0 Å². The van der Waals surface area contributed by atoms with E-state index in [2.05, 4.69) is 33.9 Å². The average Bonchev–Trinajstić information content (AvgIpc) is 2.60. The first-order valence-electron chi connectivity index (χ1n) is 5.84. The van der Waals surface area contributed by atoms with Crippen LogP contribution in [0, 0.1) is 5.41 Å². The predicted molar refractivity (Wildman–Crippen MR) is 77.2 cm³/mol. The van der Waals surface area contributed by atoms with Gasteiger partial charge in [-0.2, -0.15) is 0 Å². The molecule has 1 heterocycles. The zero-order valence-corrected chi connectivity index (χ0v) is 13.1. The zero-order chi connectivity index (χ0) is 13.2. The van der Waals surface area contributed by atoms with E-state index in [0.29, 0.717) is 0 Å². The molecule has 1 rings (SSSR count). The van der Waals surface area contributed by atoms with Crippen LogP contribution in [-0.4, -0.2) is 31.4 Å². The van der Waals surface area contributed by atoms with E-state index in [1.54, 1.807) is 0 Å². The summed E-state index contributed by atoms with van der Waals surface area (Å²) in [6, 6.07) is 0. The van der Waals surface area contributed by atoms with E-state index in [-0.39, 0.29) is 10.6 Å². The van der Waals surface area contributed by atoms with Gasteiger partial charge in [-0.15, -0.1) is 11.8 Å². The molecule has 0 saturated carbocycles. The van der Waals surface area contributed by atoms with Crippen molar-refractivity contribution in [3.63, 3.8) is 0 Å². The molecule has 0 saturated heterocycles. The summed E-state index contributed by atoms with van der Waals surface area (Å²) in [6.07, 6.45) is 3.76. The Labute approximate surface area is 110 Å². The molecule has 0 aliphatic carbocycles. The standard InChI is InChI=1S/C11H21BO3SSi/c1-11(2,3)10(15-17(4)5)8-6-7-9(16-8)12(13)14/h6-7,9,13-14,17H,1-5H3. The van der Waals surface area contributed by atoms with E-state index in [9.17, 15) is 0 Å². The van der Waals surface area contributed by atoms with Crippen LogP contribution in [0.25, 0.3) is 0 Å². The Bertz CT molecular complexity index is 334. The third kappa shape index (κ3) is 4.21. The summed E-state index contributed by atoms with van der Waals surface area (Å²) in [4.78, 5) is 1.02. The van der Waals surface area contributed by atoms with E-state index in [4.69, 9.17) is 14.5 Å². The van der Waals surface area contributed by atoms with Gasteiger partial charge < -0.3 is 14.5 Å². The van der Waals surface area contributed by atoms with Crippen molar-refractivity contribution >= 4 is 27.9 Å². The third-order valence-electron chi connectivity index (χ3n) is 2.25. The van der Waals surface area contributed by atoms with Gasteiger partial charge in [0.1, 0.15) is 0 Å². The first-order chi connectivity index (χ1) is 7.71. The highest BCUT2D eigenvalue weighted by Gasteiger charge is 2.31. The molecule has 0 aromatic heterocycles. The molecule has 1 aliphatic rings. The van der Waals surface area contributed by atoms with E-state index >= 15 is 0 Å². The van der Waals surface area contributed by atoms with E-state index in [0.717, 1.165) is 10.7 Å². The van der Waals surface area contributed by atoms with Crippen molar-refractivity contribution in [1.29, 1.82) is 0 Å². The third-order valence-corrected chi connectivity index (χ3v) is 4.21. The molecule has 0 spiro atoms. The maximum Gasteiger partial charge on any atom is 0.469 e. The van der Waals surface area contributed by atoms with Gasteiger partial charge in [-0.3, -0.25) is 0 Å². The molecule has 1 unspecified atom stereocenters. The molecule has 0 aromatic carbocycles. The van der Waals surface area contributed by atoms with Gasteiger partial charge in [0, 0.05) is 10.3 Å². The van der Waals surface area contributed by atoms with E-state index in [1.807, 2.05) is 12.2 Å². The molecule has 3 nitrogen and oxygen atoms in total.